The first-order chi connectivity index (χ1) is 14.9. The molecule has 0 bridgehead atoms. The van der Waals surface area contributed by atoms with Crippen molar-refractivity contribution in [3.05, 3.63) is 24.3 Å². The topological polar surface area (TPSA) is 103 Å². The second kappa shape index (κ2) is 11.0. The van der Waals surface area contributed by atoms with E-state index < -0.39 is 0 Å². The first-order valence-corrected chi connectivity index (χ1v) is 11.4. The molecule has 2 aliphatic rings. The van der Waals surface area contributed by atoms with Gasteiger partial charge in [-0.05, 0) is 63.8 Å². The SMILES string of the molecule is CC(C)NC(=O)[C@@H]1CCCN(C(=O)Nc2ccc(NC(=O)NC3CCCCC3)cc2)C1. The Kier molecular flexibility index (Phi) is 8.14. The van der Waals surface area contributed by atoms with Gasteiger partial charge in [0.1, 0.15) is 0 Å². The lowest BCUT2D eigenvalue weighted by atomic mass is 9.96. The predicted octanol–water partition coefficient (Wildman–Crippen LogP) is 3.91. The van der Waals surface area contributed by atoms with Crippen LogP contribution in [0.15, 0.2) is 24.3 Å². The lowest BCUT2D eigenvalue weighted by Gasteiger charge is -2.32. The van der Waals surface area contributed by atoms with Crippen LogP contribution in [0.4, 0.5) is 21.0 Å². The summed E-state index contributed by atoms with van der Waals surface area (Å²) in [4.78, 5) is 38.8. The Bertz CT molecular complexity index is 759. The van der Waals surface area contributed by atoms with Crippen LogP contribution in [0.1, 0.15) is 58.8 Å². The quantitative estimate of drug-likeness (QED) is 0.571. The first kappa shape index (κ1) is 22.9. The molecule has 1 aromatic rings. The molecule has 170 valence electrons. The number of benzene rings is 1. The highest BCUT2D eigenvalue weighted by Gasteiger charge is 2.28. The average Bonchev–Trinajstić information content (AvgIpc) is 2.75. The van der Waals surface area contributed by atoms with Gasteiger partial charge in [-0.1, -0.05) is 19.3 Å². The summed E-state index contributed by atoms with van der Waals surface area (Å²) in [5, 5.41) is 11.7. The molecule has 5 amide bonds. The lowest BCUT2D eigenvalue weighted by Crippen LogP contribution is -2.47. The number of nitrogens with one attached hydrogen (secondary N) is 4. The predicted molar refractivity (Wildman–Crippen MR) is 122 cm³/mol. The Hall–Kier alpha value is -2.77. The van der Waals surface area contributed by atoms with E-state index in [1.54, 1.807) is 29.2 Å². The van der Waals surface area contributed by atoms with Gasteiger partial charge in [-0.2, -0.15) is 0 Å². The monoisotopic (exact) mass is 429 g/mol. The largest absolute Gasteiger partial charge is 0.354 e. The first-order valence-electron chi connectivity index (χ1n) is 11.4. The van der Waals surface area contributed by atoms with Crippen molar-refractivity contribution in [2.75, 3.05) is 23.7 Å². The van der Waals surface area contributed by atoms with E-state index in [-0.39, 0.29) is 36.0 Å². The van der Waals surface area contributed by atoms with Gasteiger partial charge in [0.25, 0.3) is 0 Å². The number of carbonyl (C=O) groups is 3. The zero-order valence-electron chi connectivity index (χ0n) is 18.6. The van der Waals surface area contributed by atoms with Crippen LogP contribution in [0.2, 0.25) is 0 Å². The third-order valence-corrected chi connectivity index (χ3v) is 5.84. The van der Waals surface area contributed by atoms with E-state index in [1.807, 2.05) is 13.8 Å². The van der Waals surface area contributed by atoms with E-state index in [4.69, 9.17) is 0 Å². The third-order valence-electron chi connectivity index (χ3n) is 5.84. The number of piperidine rings is 1. The minimum Gasteiger partial charge on any atom is -0.354 e. The minimum atomic E-state index is -0.210. The molecule has 2 fully saturated rings. The molecule has 4 N–H and O–H groups in total. The normalized spacial score (nSPS) is 19.6. The second-order valence-electron chi connectivity index (χ2n) is 8.89. The molecule has 1 saturated heterocycles. The highest BCUT2D eigenvalue weighted by Crippen LogP contribution is 2.20. The second-order valence-corrected chi connectivity index (χ2v) is 8.89. The van der Waals surface area contributed by atoms with Crippen LogP contribution in [-0.2, 0) is 4.79 Å². The van der Waals surface area contributed by atoms with Gasteiger partial charge in [0.15, 0.2) is 0 Å². The number of hydrogen-bond donors (Lipinski definition) is 4. The van der Waals surface area contributed by atoms with E-state index in [1.165, 1.54) is 19.3 Å². The van der Waals surface area contributed by atoms with Crippen molar-refractivity contribution in [1.82, 2.24) is 15.5 Å². The van der Waals surface area contributed by atoms with Crippen LogP contribution in [0, 0.1) is 5.92 Å². The molecular weight excluding hydrogens is 394 g/mol. The summed E-state index contributed by atoms with van der Waals surface area (Å²) in [5.74, 6) is -0.161. The Morgan fingerprint density at radius 1 is 0.903 bits per heavy atom. The highest BCUT2D eigenvalue weighted by atomic mass is 16.2. The number of likely N-dealkylation sites (tertiary alicyclic amines) is 1. The third kappa shape index (κ3) is 7.15. The molecule has 0 radical (unpaired) electrons. The fourth-order valence-corrected chi connectivity index (χ4v) is 4.22. The zero-order valence-corrected chi connectivity index (χ0v) is 18.6. The number of hydrogen-bond acceptors (Lipinski definition) is 3. The molecular formula is C23H35N5O3. The van der Waals surface area contributed by atoms with Crippen LogP contribution >= 0.6 is 0 Å². The molecule has 3 rings (SSSR count). The van der Waals surface area contributed by atoms with Crippen molar-refractivity contribution in [1.29, 1.82) is 0 Å². The van der Waals surface area contributed by atoms with E-state index in [0.29, 0.717) is 24.5 Å². The maximum atomic E-state index is 12.6. The van der Waals surface area contributed by atoms with E-state index in [9.17, 15) is 14.4 Å². The fraction of sp³-hybridized carbons (Fsp3) is 0.609. The molecule has 1 saturated carbocycles. The van der Waals surface area contributed by atoms with Crippen LogP contribution in [-0.4, -0.2) is 48.0 Å². The number of urea groups is 2. The van der Waals surface area contributed by atoms with Crippen molar-refractivity contribution >= 4 is 29.3 Å². The number of rotatable bonds is 5. The van der Waals surface area contributed by atoms with Gasteiger partial charge in [-0.3, -0.25) is 4.79 Å². The Morgan fingerprint density at radius 2 is 1.55 bits per heavy atom. The summed E-state index contributed by atoms with van der Waals surface area (Å²) in [5.41, 5.74) is 1.33. The highest BCUT2D eigenvalue weighted by molar-refractivity contribution is 5.92. The smallest absolute Gasteiger partial charge is 0.321 e. The molecule has 8 nitrogen and oxygen atoms in total. The number of nitrogens with zero attached hydrogens (tertiary/aromatic N) is 1. The molecule has 1 aliphatic heterocycles. The van der Waals surface area contributed by atoms with E-state index in [2.05, 4.69) is 21.3 Å². The van der Waals surface area contributed by atoms with Gasteiger partial charge in [0.05, 0.1) is 5.92 Å². The standard InChI is InChI=1S/C23H35N5O3/c1-16(2)24-21(29)17-7-6-14-28(15-17)23(31)27-20-12-10-19(11-13-20)26-22(30)25-18-8-4-3-5-9-18/h10-13,16-18H,3-9,14-15H2,1-2H3,(H,24,29)(H,27,31)(H2,25,26,30)/t17-/m1/s1. The van der Waals surface area contributed by atoms with E-state index >= 15 is 0 Å². The number of carbonyl (C=O) groups excluding carboxylic acids is 3. The molecule has 0 spiro atoms. The van der Waals surface area contributed by atoms with Crippen molar-refractivity contribution in [3.8, 4) is 0 Å². The number of amides is 5. The Labute approximate surface area is 184 Å². The molecule has 1 aliphatic carbocycles. The van der Waals surface area contributed by atoms with Crippen molar-refractivity contribution in [3.63, 3.8) is 0 Å². The van der Waals surface area contributed by atoms with Gasteiger partial charge in [-0.15, -0.1) is 0 Å². The Balaban J connectivity index is 1.47. The van der Waals surface area contributed by atoms with Crippen LogP contribution in [0.3, 0.4) is 0 Å². The zero-order chi connectivity index (χ0) is 22.2. The average molecular weight is 430 g/mol. The summed E-state index contributed by atoms with van der Waals surface area (Å²) in [6, 6.07) is 7.01. The fourth-order valence-electron chi connectivity index (χ4n) is 4.22. The summed E-state index contributed by atoms with van der Waals surface area (Å²) in [7, 11) is 0. The number of anilines is 2. The minimum absolute atomic E-state index is 0.00873. The molecule has 1 atom stereocenters. The molecule has 31 heavy (non-hydrogen) atoms. The maximum Gasteiger partial charge on any atom is 0.321 e. The molecule has 1 aromatic carbocycles. The molecule has 0 unspecified atom stereocenters. The van der Waals surface area contributed by atoms with Gasteiger partial charge < -0.3 is 26.2 Å². The van der Waals surface area contributed by atoms with Crippen LogP contribution in [0.25, 0.3) is 0 Å². The van der Waals surface area contributed by atoms with Gasteiger partial charge in [-0.25, -0.2) is 9.59 Å². The summed E-state index contributed by atoms with van der Waals surface area (Å²) in [6.45, 7) is 4.93. The maximum absolute atomic E-state index is 12.6. The van der Waals surface area contributed by atoms with Crippen LogP contribution in [0.5, 0.6) is 0 Å². The molecule has 1 heterocycles. The lowest BCUT2D eigenvalue weighted by molar-refractivity contribution is -0.126. The van der Waals surface area contributed by atoms with Gasteiger partial charge in [0, 0.05) is 36.5 Å². The van der Waals surface area contributed by atoms with Crippen molar-refractivity contribution < 1.29 is 14.4 Å². The van der Waals surface area contributed by atoms with Crippen molar-refractivity contribution in [2.24, 2.45) is 5.92 Å². The van der Waals surface area contributed by atoms with Crippen molar-refractivity contribution in [2.45, 2.75) is 70.9 Å². The van der Waals surface area contributed by atoms with Crippen LogP contribution < -0.4 is 21.3 Å². The molecule has 0 aromatic heterocycles. The Morgan fingerprint density at radius 3 is 2.19 bits per heavy atom. The molecule has 8 heteroatoms. The van der Waals surface area contributed by atoms with Gasteiger partial charge in [0.2, 0.25) is 5.91 Å². The van der Waals surface area contributed by atoms with Gasteiger partial charge >= 0.3 is 12.1 Å². The van der Waals surface area contributed by atoms with E-state index in [0.717, 1.165) is 25.7 Å². The summed E-state index contributed by atoms with van der Waals surface area (Å²) >= 11 is 0. The summed E-state index contributed by atoms with van der Waals surface area (Å²) in [6.07, 6.45) is 7.26. The summed E-state index contributed by atoms with van der Waals surface area (Å²) < 4.78 is 0.